The van der Waals surface area contributed by atoms with Gasteiger partial charge in [-0.2, -0.15) is 0 Å². The molecule has 1 spiro atoms. The number of hydrogen-bond acceptors (Lipinski definition) is 6. The number of benzene rings is 2. The Morgan fingerprint density at radius 1 is 1.10 bits per heavy atom. The highest BCUT2D eigenvalue weighted by Crippen LogP contribution is 2.60. The lowest BCUT2D eigenvalue weighted by Crippen LogP contribution is -2.58. The zero-order chi connectivity index (χ0) is 22.2. The number of methoxy groups -OCH3 is 2. The summed E-state index contributed by atoms with van der Waals surface area (Å²) in [7, 11) is 2.35. The number of rotatable bonds is 5. The minimum atomic E-state index is -2.01. The molecule has 2 aliphatic rings. The van der Waals surface area contributed by atoms with Gasteiger partial charge < -0.3 is 19.1 Å². The zero-order valence-electron chi connectivity index (χ0n) is 17.4. The number of hydrogen-bond donors (Lipinski definition) is 0. The molecule has 4 rings (SSSR count). The lowest BCUT2D eigenvalue weighted by Gasteiger charge is -2.36. The van der Waals surface area contributed by atoms with Crippen LogP contribution >= 0.6 is 0 Å². The Balaban J connectivity index is 1.96. The smallest absolute Gasteiger partial charge is 0.327 e. The Morgan fingerprint density at radius 3 is 2.32 bits per heavy atom. The molecule has 160 valence electrons. The van der Waals surface area contributed by atoms with Crippen molar-refractivity contribution >= 4 is 23.5 Å². The third kappa shape index (κ3) is 2.73. The van der Waals surface area contributed by atoms with E-state index in [1.165, 1.54) is 25.2 Å². The van der Waals surface area contributed by atoms with Crippen LogP contribution in [0.1, 0.15) is 17.5 Å². The highest BCUT2D eigenvalue weighted by molar-refractivity contribution is 6.16. The summed E-state index contributed by atoms with van der Waals surface area (Å²) in [5, 5.41) is 0. The first kappa shape index (κ1) is 20.8. The molecule has 0 bridgehead atoms. The monoisotopic (exact) mass is 421 g/mol. The van der Waals surface area contributed by atoms with E-state index in [1.807, 2.05) is 30.3 Å². The van der Waals surface area contributed by atoms with Crippen LogP contribution in [0.5, 0.6) is 0 Å². The van der Waals surface area contributed by atoms with Crippen LogP contribution < -0.4 is 4.90 Å². The maximum absolute atomic E-state index is 14.1. The van der Waals surface area contributed by atoms with Crippen LogP contribution in [0.3, 0.4) is 0 Å². The number of ether oxygens (including phenoxy) is 3. The molecule has 2 aliphatic heterocycles. The SMILES string of the molecule is C=CC1CC(C(=O)OC)(C(=O)OC)C2(O1)C(=O)N(Cc1ccccc1)c1ccccc12. The first-order valence-corrected chi connectivity index (χ1v) is 9.89. The molecule has 2 unspecified atom stereocenters. The number of carbonyl (C=O) groups is 3. The van der Waals surface area contributed by atoms with Crippen molar-refractivity contribution in [3.05, 3.63) is 78.4 Å². The molecule has 1 amide bonds. The summed E-state index contributed by atoms with van der Waals surface area (Å²) < 4.78 is 16.3. The first-order chi connectivity index (χ1) is 15.0. The maximum Gasteiger partial charge on any atom is 0.327 e. The van der Waals surface area contributed by atoms with Gasteiger partial charge in [-0.25, -0.2) is 0 Å². The summed E-state index contributed by atoms with van der Waals surface area (Å²) in [5.41, 5.74) is -2.04. The second kappa shape index (κ2) is 7.67. The molecular weight excluding hydrogens is 398 g/mol. The van der Waals surface area contributed by atoms with Crippen molar-refractivity contribution in [1.82, 2.24) is 0 Å². The molecule has 2 aromatic carbocycles. The molecule has 31 heavy (non-hydrogen) atoms. The van der Waals surface area contributed by atoms with Crippen molar-refractivity contribution in [2.24, 2.45) is 5.41 Å². The van der Waals surface area contributed by atoms with Crippen LogP contribution in [0.2, 0.25) is 0 Å². The van der Waals surface area contributed by atoms with Gasteiger partial charge in [-0.3, -0.25) is 14.4 Å². The standard InChI is InChI=1S/C24H23NO6/c1-4-17-14-23(21(27)29-2,22(28)30-3)24(31-17)18-12-8-9-13-19(18)25(20(24)26)15-16-10-6-5-7-11-16/h4-13,17H,1,14-15H2,2-3H3. The van der Waals surface area contributed by atoms with Crippen LogP contribution in [0.4, 0.5) is 5.69 Å². The van der Waals surface area contributed by atoms with E-state index in [0.29, 0.717) is 11.3 Å². The van der Waals surface area contributed by atoms with Crippen molar-refractivity contribution in [3.8, 4) is 0 Å². The Hall–Kier alpha value is -3.45. The van der Waals surface area contributed by atoms with Crippen LogP contribution in [0, 0.1) is 5.41 Å². The number of carbonyl (C=O) groups excluding carboxylic acids is 3. The van der Waals surface area contributed by atoms with Gasteiger partial charge in [0.1, 0.15) is 0 Å². The predicted molar refractivity (Wildman–Crippen MR) is 112 cm³/mol. The highest BCUT2D eigenvalue weighted by Gasteiger charge is 2.77. The van der Waals surface area contributed by atoms with E-state index >= 15 is 0 Å². The zero-order valence-corrected chi connectivity index (χ0v) is 17.4. The fraction of sp³-hybridized carbons (Fsp3) is 0.292. The lowest BCUT2D eigenvalue weighted by molar-refractivity contribution is -0.188. The number of esters is 2. The van der Waals surface area contributed by atoms with E-state index in [2.05, 4.69) is 6.58 Å². The van der Waals surface area contributed by atoms with Crippen LogP contribution in [0.25, 0.3) is 0 Å². The average Bonchev–Trinajstić information content (AvgIpc) is 3.29. The molecular formula is C24H23NO6. The molecule has 2 heterocycles. The first-order valence-electron chi connectivity index (χ1n) is 9.89. The molecule has 2 aromatic rings. The maximum atomic E-state index is 14.1. The van der Waals surface area contributed by atoms with Crippen LogP contribution in [0.15, 0.2) is 67.3 Å². The van der Waals surface area contributed by atoms with Crippen LogP contribution in [-0.2, 0) is 40.7 Å². The summed E-state index contributed by atoms with van der Waals surface area (Å²) in [4.78, 5) is 41.9. The summed E-state index contributed by atoms with van der Waals surface area (Å²) in [6, 6.07) is 16.5. The van der Waals surface area contributed by atoms with E-state index < -0.39 is 35.0 Å². The Bertz CT molecular complexity index is 1030. The van der Waals surface area contributed by atoms with Crippen molar-refractivity contribution in [3.63, 3.8) is 0 Å². The number of para-hydroxylation sites is 1. The second-order valence-corrected chi connectivity index (χ2v) is 7.56. The Morgan fingerprint density at radius 2 is 1.71 bits per heavy atom. The Labute approximate surface area is 180 Å². The molecule has 0 radical (unpaired) electrons. The van der Waals surface area contributed by atoms with E-state index in [0.717, 1.165) is 5.56 Å². The summed E-state index contributed by atoms with van der Waals surface area (Å²) in [5.74, 6) is -2.28. The summed E-state index contributed by atoms with van der Waals surface area (Å²) >= 11 is 0. The van der Waals surface area contributed by atoms with Gasteiger partial charge in [-0.05, 0) is 11.6 Å². The number of amides is 1. The van der Waals surface area contributed by atoms with E-state index in [1.54, 1.807) is 24.3 Å². The highest BCUT2D eigenvalue weighted by atomic mass is 16.6. The van der Waals surface area contributed by atoms with E-state index in [-0.39, 0.29) is 13.0 Å². The molecule has 7 nitrogen and oxygen atoms in total. The van der Waals surface area contributed by atoms with Crippen molar-refractivity contribution in [1.29, 1.82) is 0 Å². The topological polar surface area (TPSA) is 82.1 Å². The molecule has 1 saturated heterocycles. The molecule has 7 heteroatoms. The lowest BCUT2D eigenvalue weighted by atomic mass is 9.67. The Kier molecular flexibility index (Phi) is 5.15. The summed E-state index contributed by atoms with van der Waals surface area (Å²) in [6.45, 7) is 4.00. The molecule has 0 aromatic heterocycles. The molecule has 0 N–H and O–H groups in total. The van der Waals surface area contributed by atoms with Gasteiger partial charge in [-0.15, -0.1) is 6.58 Å². The van der Waals surface area contributed by atoms with Gasteiger partial charge in [-0.1, -0.05) is 54.6 Å². The largest absolute Gasteiger partial charge is 0.468 e. The summed E-state index contributed by atoms with van der Waals surface area (Å²) in [6.07, 6.45) is 0.632. The normalized spacial score (nSPS) is 23.5. The quantitative estimate of drug-likeness (QED) is 0.420. The molecule has 1 fully saturated rings. The second-order valence-electron chi connectivity index (χ2n) is 7.56. The van der Waals surface area contributed by atoms with Crippen LogP contribution in [-0.4, -0.2) is 38.2 Å². The minimum Gasteiger partial charge on any atom is -0.468 e. The van der Waals surface area contributed by atoms with Gasteiger partial charge in [0.15, 0.2) is 0 Å². The molecule has 0 aliphatic carbocycles. The third-order valence-corrected chi connectivity index (χ3v) is 6.07. The molecule has 0 saturated carbocycles. The number of fused-ring (bicyclic) bond motifs is 2. The van der Waals surface area contributed by atoms with Gasteiger partial charge in [0.25, 0.3) is 5.91 Å². The van der Waals surface area contributed by atoms with Crippen molar-refractivity contribution < 1.29 is 28.6 Å². The minimum absolute atomic E-state index is 0.116. The van der Waals surface area contributed by atoms with Gasteiger partial charge in [0, 0.05) is 12.0 Å². The van der Waals surface area contributed by atoms with Crippen molar-refractivity contribution in [2.75, 3.05) is 19.1 Å². The van der Waals surface area contributed by atoms with E-state index in [9.17, 15) is 14.4 Å². The fourth-order valence-corrected chi connectivity index (χ4v) is 4.70. The van der Waals surface area contributed by atoms with Gasteiger partial charge in [0.05, 0.1) is 32.6 Å². The number of anilines is 1. The fourth-order valence-electron chi connectivity index (χ4n) is 4.70. The van der Waals surface area contributed by atoms with E-state index in [4.69, 9.17) is 14.2 Å². The predicted octanol–water partition coefficient (Wildman–Crippen LogP) is 2.74. The van der Waals surface area contributed by atoms with Gasteiger partial charge in [0.2, 0.25) is 11.0 Å². The van der Waals surface area contributed by atoms with Crippen molar-refractivity contribution in [2.45, 2.75) is 24.7 Å². The average molecular weight is 421 g/mol. The number of nitrogens with zero attached hydrogens (tertiary/aromatic N) is 1. The molecule has 2 atom stereocenters. The van der Waals surface area contributed by atoms with Gasteiger partial charge >= 0.3 is 11.9 Å². The third-order valence-electron chi connectivity index (χ3n) is 6.07.